The van der Waals surface area contributed by atoms with E-state index in [-0.39, 0.29) is 21.1 Å². The molecule has 0 N–H and O–H groups in total. The number of hydrogen-bond acceptors (Lipinski definition) is 2. The van der Waals surface area contributed by atoms with Crippen LogP contribution in [0.2, 0.25) is 0 Å². The zero-order chi connectivity index (χ0) is 19.7. The molecular weight excluding hydrogens is 502 g/mol. The van der Waals surface area contributed by atoms with Crippen molar-refractivity contribution >= 4 is 29.3 Å². The maximum Gasteiger partial charge on any atom is 0 e. The van der Waals surface area contributed by atoms with Gasteiger partial charge in [-0.2, -0.15) is 0 Å². The molecule has 0 fully saturated rings. The summed E-state index contributed by atoms with van der Waals surface area (Å²) < 4.78 is 37.5. The fraction of sp³-hybridized carbons (Fsp3) is 0.125. The van der Waals surface area contributed by atoms with Crippen molar-refractivity contribution in [1.82, 2.24) is 0 Å². The number of thiocarbonyl (C=S) groups is 1. The summed E-state index contributed by atoms with van der Waals surface area (Å²) in [5.41, 5.74) is 2.38. The number of nitrogens with zero attached hydrogens (tertiary/aromatic N) is 1. The van der Waals surface area contributed by atoms with Gasteiger partial charge in [-0.15, -0.1) is 0 Å². The summed E-state index contributed by atoms with van der Waals surface area (Å²) in [6.07, 6.45) is 3.85. The maximum absolute atomic E-state index is 7.50. The van der Waals surface area contributed by atoms with Crippen molar-refractivity contribution in [2.45, 2.75) is 0 Å². The van der Waals surface area contributed by atoms with Crippen molar-refractivity contribution in [2.24, 2.45) is 0 Å². The molecule has 0 spiro atoms. The van der Waals surface area contributed by atoms with Crippen LogP contribution in [0, 0.1) is 33.3 Å². The molecule has 24 heavy (non-hydrogen) atoms. The van der Waals surface area contributed by atoms with Gasteiger partial charge in [0, 0.05) is 46.2 Å². The van der Waals surface area contributed by atoms with Gasteiger partial charge in [-0.25, -0.2) is 0 Å². The van der Waals surface area contributed by atoms with E-state index >= 15 is 0 Å². The Labute approximate surface area is 161 Å². The fourth-order valence-electron chi connectivity index (χ4n) is 1.03. The molecule has 0 radical (unpaired) electrons. The van der Waals surface area contributed by atoms with Gasteiger partial charge in [0.15, 0.2) is 0 Å². The molecule has 0 heterocycles. The van der Waals surface area contributed by atoms with Crippen LogP contribution in [0.3, 0.4) is 0 Å². The largest absolute Gasteiger partial charge is 0 e. The van der Waals surface area contributed by atoms with Gasteiger partial charge in [-0.1, -0.05) is 36.5 Å². The summed E-state index contributed by atoms with van der Waals surface area (Å²) in [5, 5.41) is 1.61. The normalized spacial score (nSPS) is 6.00. The Kier molecular flexibility index (Phi) is 68.0. The second-order valence-corrected chi connectivity index (χ2v) is 3.25. The monoisotopic (exact) mass is 515 g/mol. The first-order valence-electron chi connectivity index (χ1n) is 5.15. The van der Waals surface area contributed by atoms with E-state index in [2.05, 4.69) is 62.4 Å². The standard InChI is InChI=1S/C11H13NS.5CO.W/c1-12(2)11-7-5-10(6-8-11)4-3-9-13;5*1-2;/h3-9H,1-2H3;;;;;;/b4-3+;;;;;;. The Morgan fingerprint density at radius 2 is 1.12 bits per heavy atom. The summed E-state index contributed by atoms with van der Waals surface area (Å²) in [4.78, 5) is 2.08. The SMILES string of the molecule is CN(C)c1ccc(/C=C/C=S)cc1.[C-]#[O+].[C-]#[O+].[C-]#[O+].[C-]#[O+].[C-]#[O+].[W]. The molecule has 0 saturated carbocycles. The summed E-state index contributed by atoms with van der Waals surface area (Å²) in [6.45, 7) is 22.5. The van der Waals surface area contributed by atoms with Crippen LogP contribution in [0.5, 0.6) is 0 Å². The van der Waals surface area contributed by atoms with Crippen LogP contribution in [-0.2, 0) is 44.3 Å². The predicted octanol–water partition coefficient (Wildman–Crippen LogP) is 2.58. The topological polar surface area (TPSA) is 103 Å². The Morgan fingerprint density at radius 3 is 1.38 bits per heavy atom. The van der Waals surface area contributed by atoms with E-state index in [1.54, 1.807) is 5.37 Å². The number of allylic oxidation sites excluding steroid dienone is 1. The maximum atomic E-state index is 7.50. The summed E-state index contributed by atoms with van der Waals surface area (Å²) in [6, 6.07) is 8.32. The van der Waals surface area contributed by atoms with Crippen molar-refractivity contribution in [3.63, 3.8) is 0 Å². The van der Waals surface area contributed by atoms with Gasteiger partial charge in [0.2, 0.25) is 0 Å². The fourth-order valence-corrected chi connectivity index (χ4v) is 1.11. The second-order valence-electron chi connectivity index (χ2n) is 2.98. The van der Waals surface area contributed by atoms with Gasteiger partial charge in [0.05, 0.1) is 0 Å². The third-order valence-corrected chi connectivity index (χ3v) is 1.93. The van der Waals surface area contributed by atoms with Crippen LogP contribution in [0.25, 0.3) is 6.08 Å². The molecule has 0 aliphatic carbocycles. The van der Waals surface area contributed by atoms with E-state index in [4.69, 9.17) is 35.5 Å². The van der Waals surface area contributed by atoms with Crippen molar-refractivity contribution in [2.75, 3.05) is 19.0 Å². The molecule has 0 unspecified atom stereocenters. The molecule has 1 rings (SSSR count). The number of rotatable bonds is 3. The van der Waals surface area contributed by atoms with Crippen LogP contribution < -0.4 is 4.90 Å². The van der Waals surface area contributed by atoms with E-state index < -0.39 is 0 Å². The van der Waals surface area contributed by atoms with Gasteiger partial charge in [-0.3, -0.25) is 0 Å². The molecule has 0 atom stereocenters. The van der Waals surface area contributed by atoms with Gasteiger partial charge >= 0.3 is 56.5 Å². The summed E-state index contributed by atoms with van der Waals surface area (Å²) in [5.74, 6) is 0. The van der Waals surface area contributed by atoms with Crippen LogP contribution in [0.1, 0.15) is 5.56 Å². The molecule has 0 saturated heterocycles. The quantitative estimate of drug-likeness (QED) is 0.268. The molecule has 0 bridgehead atoms. The first kappa shape index (κ1) is 38.0. The molecule has 0 aromatic heterocycles. The van der Waals surface area contributed by atoms with E-state index in [1.165, 1.54) is 11.3 Å². The second kappa shape index (κ2) is 42.9. The minimum Gasteiger partial charge on any atom is 0 e. The summed E-state index contributed by atoms with van der Waals surface area (Å²) >= 11 is 4.70. The number of anilines is 1. The van der Waals surface area contributed by atoms with E-state index in [9.17, 15) is 0 Å². The van der Waals surface area contributed by atoms with Gasteiger partial charge in [-0.05, 0) is 17.7 Å². The average Bonchev–Trinajstić information content (AvgIpc) is 2.68. The van der Waals surface area contributed by atoms with Crippen LogP contribution in [-0.4, -0.2) is 19.5 Å². The average molecular weight is 515 g/mol. The van der Waals surface area contributed by atoms with Gasteiger partial charge in [0.1, 0.15) is 0 Å². The van der Waals surface area contributed by atoms with Gasteiger partial charge in [0.25, 0.3) is 0 Å². The first-order chi connectivity index (χ1) is 11.2. The Hall–Kier alpha value is -1.76. The van der Waals surface area contributed by atoms with E-state index in [1.807, 2.05) is 26.2 Å². The molecule has 1 aromatic carbocycles. The van der Waals surface area contributed by atoms with E-state index in [0.29, 0.717) is 0 Å². The predicted molar refractivity (Wildman–Crippen MR) is 83.1 cm³/mol. The van der Waals surface area contributed by atoms with Crippen LogP contribution >= 0.6 is 12.2 Å². The van der Waals surface area contributed by atoms with Gasteiger partial charge < -0.3 is 4.90 Å². The number of benzene rings is 1. The molecule has 6 nitrogen and oxygen atoms in total. The van der Waals surface area contributed by atoms with Crippen molar-refractivity contribution in [1.29, 1.82) is 0 Å². The molecule has 1 aromatic rings. The zero-order valence-corrected chi connectivity index (χ0v) is 16.6. The Balaban J connectivity index is -0.0000000634. The van der Waals surface area contributed by atoms with Crippen molar-refractivity contribution in [3.8, 4) is 0 Å². The van der Waals surface area contributed by atoms with E-state index in [0.717, 1.165) is 0 Å². The minimum absolute atomic E-state index is 0. The molecule has 8 heteroatoms. The van der Waals surface area contributed by atoms with Crippen molar-refractivity contribution < 1.29 is 44.3 Å². The molecule has 0 aliphatic heterocycles. The van der Waals surface area contributed by atoms with Crippen LogP contribution in [0.4, 0.5) is 5.69 Å². The molecular formula is C16H13NO5SW. The molecule has 124 valence electrons. The third-order valence-electron chi connectivity index (χ3n) is 1.78. The Bertz CT molecular complexity index is 467. The van der Waals surface area contributed by atoms with Crippen LogP contribution in [0.15, 0.2) is 30.3 Å². The number of hydrogen-bond donors (Lipinski definition) is 0. The zero-order valence-electron chi connectivity index (χ0n) is 12.8. The van der Waals surface area contributed by atoms with Crippen molar-refractivity contribution in [3.05, 3.63) is 69.2 Å². The first-order valence-corrected chi connectivity index (χ1v) is 5.62. The molecule has 0 amide bonds. The minimum atomic E-state index is 0. The smallest absolute Gasteiger partial charge is 0 e. The summed E-state index contributed by atoms with van der Waals surface area (Å²) in [7, 11) is 4.06. The third kappa shape index (κ3) is 28.4. The molecule has 0 aliphatic rings. The Morgan fingerprint density at radius 1 is 0.792 bits per heavy atom.